The molecule has 24 heavy (non-hydrogen) atoms. The van der Waals surface area contributed by atoms with Gasteiger partial charge in [-0.25, -0.2) is 0 Å². The minimum Gasteiger partial charge on any atom is -0.341 e. The molecular weight excluding hydrogens is 347 g/mol. The highest BCUT2D eigenvalue weighted by Crippen LogP contribution is 2.35. The zero-order valence-electron chi connectivity index (χ0n) is 12.7. The molecule has 9 heteroatoms. The number of alkyl halides is 3. The van der Waals surface area contributed by atoms with E-state index in [1.54, 1.807) is 13.8 Å². The Kier molecular flexibility index (Phi) is 5.28. The van der Waals surface area contributed by atoms with Gasteiger partial charge in [-0.05, 0) is 37.6 Å². The molecule has 0 saturated carbocycles. The first-order valence-electron chi connectivity index (χ1n) is 6.82. The maximum Gasteiger partial charge on any atom is 0.417 e. The number of hydrogen-bond acceptors (Lipinski definition) is 4. The third kappa shape index (κ3) is 4.58. The van der Waals surface area contributed by atoms with Crippen LogP contribution in [-0.2, 0) is 11.0 Å². The Morgan fingerprint density at radius 3 is 2.71 bits per heavy atom. The molecule has 2 rings (SSSR count). The summed E-state index contributed by atoms with van der Waals surface area (Å²) in [5.74, 6) is 0.157. The van der Waals surface area contributed by atoms with Crippen molar-refractivity contribution in [3.05, 3.63) is 52.1 Å². The van der Waals surface area contributed by atoms with Gasteiger partial charge >= 0.3 is 6.18 Å². The lowest BCUT2D eigenvalue weighted by Gasteiger charge is -2.09. The maximum atomic E-state index is 12.8. The van der Waals surface area contributed by atoms with Crippen LogP contribution >= 0.6 is 11.6 Å². The Morgan fingerprint density at radius 1 is 1.42 bits per heavy atom. The molecule has 1 N–H and O–H groups in total. The van der Waals surface area contributed by atoms with Crippen LogP contribution < -0.4 is 5.32 Å². The Bertz CT molecular complexity index is 772. The van der Waals surface area contributed by atoms with Gasteiger partial charge in [0.15, 0.2) is 5.82 Å². The number of carbonyl (C=O) groups is 1. The second-order valence-electron chi connectivity index (χ2n) is 4.98. The molecule has 0 aliphatic rings. The molecule has 1 amide bonds. The van der Waals surface area contributed by atoms with Gasteiger partial charge in [-0.1, -0.05) is 22.8 Å². The van der Waals surface area contributed by atoms with Gasteiger partial charge in [0, 0.05) is 6.08 Å². The third-order valence-electron chi connectivity index (χ3n) is 3.00. The highest BCUT2D eigenvalue weighted by molar-refractivity contribution is 6.31. The Balaban J connectivity index is 2.06. The van der Waals surface area contributed by atoms with Gasteiger partial charge < -0.3 is 9.84 Å². The van der Waals surface area contributed by atoms with Crippen LogP contribution in [0.2, 0.25) is 5.02 Å². The Hall–Kier alpha value is -2.35. The monoisotopic (exact) mass is 359 g/mol. The van der Waals surface area contributed by atoms with Gasteiger partial charge in [0.2, 0.25) is 11.8 Å². The van der Waals surface area contributed by atoms with Crippen LogP contribution in [-0.4, -0.2) is 16.0 Å². The lowest BCUT2D eigenvalue weighted by molar-refractivity contribution is -0.137. The SMILES string of the molecule is Cc1noc([C@H](C)NC(=O)/C=C\c2ccc(Cl)c(C(F)(F)F)c2)n1. The van der Waals surface area contributed by atoms with Crippen LogP contribution in [0.3, 0.4) is 0 Å². The summed E-state index contributed by atoms with van der Waals surface area (Å²) in [6.07, 6.45) is -2.19. The first-order chi connectivity index (χ1) is 11.2. The molecule has 128 valence electrons. The van der Waals surface area contributed by atoms with E-state index in [4.69, 9.17) is 16.1 Å². The van der Waals surface area contributed by atoms with Crippen molar-refractivity contribution in [2.75, 3.05) is 0 Å². The van der Waals surface area contributed by atoms with Gasteiger partial charge in [0.25, 0.3) is 0 Å². The fraction of sp³-hybridized carbons (Fsp3) is 0.267. The predicted molar refractivity (Wildman–Crippen MR) is 81.1 cm³/mol. The zero-order valence-corrected chi connectivity index (χ0v) is 13.4. The fourth-order valence-corrected chi connectivity index (χ4v) is 2.07. The lowest BCUT2D eigenvalue weighted by Crippen LogP contribution is -2.24. The average molecular weight is 360 g/mol. The largest absolute Gasteiger partial charge is 0.417 e. The number of nitrogens with zero attached hydrogens (tertiary/aromatic N) is 2. The van der Waals surface area contributed by atoms with E-state index in [0.29, 0.717) is 5.82 Å². The summed E-state index contributed by atoms with van der Waals surface area (Å²) in [4.78, 5) is 15.8. The summed E-state index contributed by atoms with van der Waals surface area (Å²) in [7, 11) is 0. The average Bonchev–Trinajstić information content (AvgIpc) is 2.92. The second kappa shape index (κ2) is 7.04. The minimum absolute atomic E-state index is 0.197. The van der Waals surface area contributed by atoms with Gasteiger partial charge in [-0.2, -0.15) is 18.2 Å². The molecule has 0 aliphatic heterocycles. The molecule has 2 aromatic rings. The van der Waals surface area contributed by atoms with E-state index in [0.717, 1.165) is 18.2 Å². The van der Waals surface area contributed by atoms with Gasteiger partial charge in [-0.15, -0.1) is 0 Å². The first-order valence-corrected chi connectivity index (χ1v) is 7.20. The molecule has 1 heterocycles. The fourth-order valence-electron chi connectivity index (χ4n) is 1.85. The molecule has 0 fully saturated rings. The van der Waals surface area contributed by atoms with Crippen LogP contribution in [0, 0.1) is 6.92 Å². The lowest BCUT2D eigenvalue weighted by atomic mass is 10.1. The molecule has 5 nitrogen and oxygen atoms in total. The molecule has 1 aromatic heterocycles. The molecule has 0 unspecified atom stereocenters. The van der Waals surface area contributed by atoms with E-state index in [1.165, 1.54) is 12.1 Å². The molecular formula is C15H13ClF3N3O2. The van der Waals surface area contributed by atoms with Crippen molar-refractivity contribution in [2.45, 2.75) is 26.1 Å². The summed E-state index contributed by atoms with van der Waals surface area (Å²) in [6, 6.07) is 2.86. The number of aromatic nitrogens is 2. The van der Waals surface area contributed by atoms with E-state index < -0.39 is 28.7 Å². The summed E-state index contributed by atoms with van der Waals surface area (Å²) >= 11 is 5.54. The van der Waals surface area contributed by atoms with E-state index in [1.807, 2.05) is 0 Å². The predicted octanol–water partition coefficient (Wildman–Crippen LogP) is 3.94. The number of benzene rings is 1. The molecule has 1 aromatic carbocycles. The van der Waals surface area contributed by atoms with E-state index in [-0.39, 0.29) is 11.5 Å². The smallest absolute Gasteiger partial charge is 0.341 e. The summed E-state index contributed by atoms with van der Waals surface area (Å²) in [5.41, 5.74) is -0.760. The van der Waals surface area contributed by atoms with Crippen LogP contribution in [0.25, 0.3) is 6.08 Å². The Morgan fingerprint density at radius 2 is 2.12 bits per heavy atom. The summed E-state index contributed by atoms with van der Waals surface area (Å²) < 4.78 is 43.3. The molecule has 0 bridgehead atoms. The van der Waals surface area contributed by atoms with E-state index in [9.17, 15) is 18.0 Å². The number of halogens is 4. The van der Waals surface area contributed by atoms with Crippen LogP contribution in [0.5, 0.6) is 0 Å². The molecule has 1 atom stereocenters. The molecule has 0 aliphatic carbocycles. The van der Waals surface area contributed by atoms with E-state index >= 15 is 0 Å². The van der Waals surface area contributed by atoms with Gasteiger partial charge in [-0.3, -0.25) is 4.79 Å². The molecule has 0 radical (unpaired) electrons. The summed E-state index contributed by atoms with van der Waals surface area (Å²) in [6.45, 7) is 3.28. The maximum absolute atomic E-state index is 12.8. The first kappa shape index (κ1) is 18.0. The van der Waals surface area contributed by atoms with E-state index in [2.05, 4.69) is 15.5 Å². The standard InChI is InChI=1S/C15H13ClF3N3O2/c1-8(14-21-9(2)22-24-14)20-13(23)6-4-10-3-5-12(16)11(7-10)15(17,18)19/h3-8H,1-2H3,(H,20,23)/b6-4-/t8-/m0/s1. The number of amides is 1. The van der Waals surface area contributed by atoms with Crippen LogP contribution in [0.15, 0.2) is 28.8 Å². The van der Waals surface area contributed by atoms with Crippen LogP contribution in [0.4, 0.5) is 13.2 Å². The number of nitrogens with one attached hydrogen (secondary N) is 1. The number of aryl methyl sites for hydroxylation is 1. The normalized spacial score (nSPS) is 13.2. The Labute approximate surface area is 140 Å². The highest BCUT2D eigenvalue weighted by atomic mass is 35.5. The van der Waals surface area contributed by atoms with Crippen molar-refractivity contribution >= 4 is 23.6 Å². The minimum atomic E-state index is -4.56. The number of hydrogen-bond donors (Lipinski definition) is 1. The van der Waals surface area contributed by atoms with Crippen molar-refractivity contribution < 1.29 is 22.5 Å². The topological polar surface area (TPSA) is 68.0 Å². The third-order valence-corrected chi connectivity index (χ3v) is 3.33. The van der Waals surface area contributed by atoms with Crippen molar-refractivity contribution in [1.82, 2.24) is 15.5 Å². The van der Waals surface area contributed by atoms with Crippen molar-refractivity contribution in [1.29, 1.82) is 0 Å². The highest BCUT2D eigenvalue weighted by Gasteiger charge is 2.33. The zero-order chi connectivity index (χ0) is 17.9. The quantitative estimate of drug-likeness (QED) is 0.839. The van der Waals surface area contributed by atoms with Crippen molar-refractivity contribution in [3.63, 3.8) is 0 Å². The van der Waals surface area contributed by atoms with Crippen molar-refractivity contribution in [2.24, 2.45) is 0 Å². The van der Waals surface area contributed by atoms with Gasteiger partial charge in [0.1, 0.15) is 6.04 Å². The van der Waals surface area contributed by atoms with Crippen LogP contribution in [0.1, 0.15) is 35.8 Å². The molecule has 0 spiro atoms. The molecule has 0 saturated heterocycles. The van der Waals surface area contributed by atoms with Crippen molar-refractivity contribution in [3.8, 4) is 0 Å². The van der Waals surface area contributed by atoms with Gasteiger partial charge in [0.05, 0.1) is 10.6 Å². The summed E-state index contributed by atoms with van der Waals surface area (Å²) in [5, 5.41) is 5.77. The second-order valence-corrected chi connectivity index (χ2v) is 5.39. The number of rotatable bonds is 4. The number of carbonyl (C=O) groups excluding carboxylic acids is 1.